The zero-order chi connectivity index (χ0) is 22.4. The molecule has 1 aliphatic rings. The standard InChI is InChI=1S/C22H29FN4O3S.HI/c1-15(18-8-11-21(20(23)12-18)30-14-17-4-5-17)27-22(24-2)26-13-16-6-9-19(10-7-16)31(28,29)25-3;/h6-12,15,17,25H,4-5,13-14H2,1-3H3,(H2,24,26,27);1H. The highest BCUT2D eigenvalue weighted by atomic mass is 127. The summed E-state index contributed by atoms with van der Waals surface area (Å²) in [5.41, 5.74) is 1.68. The molecule has 0 aromatic heterocycles. The predicted octanol–water partition coefficient (Wildman–Crippen LogP) is 3.57. The normalized spacial score (nSPS) is 14.9. The summed E-state index contributed by atoms with van der Waals surface area (Å²) in [6, 6.07) is 11.4. The van der Waals surface area contributed by atoms with Crippen molar-refractivity contribution in [1.82, 2.24) is 15.4 Å². The molecule has 0 saturated heterocycles. The van der Waals surface area contributed by atoms with Crippen LogP contribution in [0.3, 0.4) is 0 Å². The molecule has 3 rings (SSSR count). The van der Waals surface area contributed by atoms with Gasteiger partial charge in [-0.25, -0.2) is 17.5 Å². The number of rotatable bonds is 9. The lowest BCUT2D eigenvalue weighted by atomic mass is 10.1. The first kappa shape index (κ1) is 26.3. The van der Waals surface area contributed by atoms with Gasteiger partial charge in [0.2, 0.25) is 10.0 Å². The monoisotopic (exact) mass is 576 g/mol. The Labute approximate surface area is 206 Å². The van der Waals surface area contributed by atoms with Gasteiger partial charge in [0.1, 0.15) is 0 Å². The molecule has 1 aliphatic carbocycles. The van der Waals surface area contributed by atoms with Crippen LogP contribution in [-0.4, -0.2) is 35.1 Å². The van der Waals surface area contributed by atoms with Gasteiger partial charge in [-0.15, -0.1) is 24.0 Å². The Bertz CT molecular complexity index is 1030. The van der Waals surface area contributed by atoms with E-state index < -0.39 is 10.0 Å². The lowest BCUT2D eigenvalue weighted by Crippen LogP contribution is -2.38. The van der Waals surface area contributed by atoms with Crippen LogP contribution in [0.4, 0.5) is 4.39 Å². The SMILES string of the molecule is CN=C(NCc1ccc(S(=O)(=O)NC)cc1)NC(C)c1ccc(OCC2CC2)c(F)c1.I. The molecular weight excluding hydrogens is 546 g/mol. The van der Waals surface area contributed by atoms with E-state index in [0.717, 1.165) is 24.0 Å². The number of hydrogen-bond acceptors (Lipinski definition) is 4. The van der Waals surface area contributed by atoms with E-state index in [0.29, 0.717) is 25.0 Å². The van der Waals surface area contributed by atoms with E-state index in [1.54, 1.807) is 37.4 Å². The van der Waals surface area contributed by atoms with E-state index in [1.807, 2.05) is 13.0 Å². The zero-order valence-electron chi connectivity index (χ0n) is 18.4. The lowest BCUT2D eigenvalue weighted by molar-refractivity contribution is 0.285. The molecule has 2 aromatic carbocycles. The van der Waals surface area contributed by atoms with Crippen molar-refractivity contribution in [3.8, 4) is 5.75 Å². The van der Waals surface area contributed by atoms with Gasteiger partial charge in [-0.2, -0.15) is 0 Å². The van der Waals surface area contributed by atoms with E-state index in [1.165, 1.54) is 13.1 Å². The van der Waals surface area contributed by atoms with Crippen molar-refractivity contribution in [3.63, 3.8) is 0 Å². The smallest absolute Gasteiger partial charge is 0.240 e. The fourth-order valence-electron chi connectivity index (χ4n) is 2.97. The number of sulfonamides is 1. The summed E-state index contributed by atoms with van der Waals surface area (Å²) in [6.45, 7) is 2.95. The maximum atomic E-state index is 14.4. The van der Waals surface area contributed by atoms with Gasteiger partial charge in [0.15, 0.2) is 17.5 Å². The van der Waals surface area contributed by atoms with E-state index in [2.05, 4.69) is 20.3 Å². The van der Waals surface area contributed by atoms with Gasteiger partial charge in [0, 0.05) is 13.6 Å². The fraction of sp³-hybridized carbons (Fsp3) is 0.409. The van der Waals surface area contributed by atoms with Crippen LogP contribution in [0.5, 0.6) is 5.75 Å². The molecule has 1 fully saturated rings. The van der Waals surface area contributed by atoms with Crippen LogP contribution < -0.4 is 20.1 Å². The fourth-order valence-corrected chi connectivity index (χ4v) is 3.70. The first-order valence-corrected chi connectivity index (χ1v) is 11.7. The van der Waals surface area contributed by atoms with Gasteiger partial charge in [-0.1, -0.05) is 18.2 Å². The van der Waals surface area contributed by atoms with E-state index in [-0.39, 0.29) is 46.5 Å². The van der Waals surface area contributed by atoms with Crippen LogP contribution in [0.2, 0.25) is 0 Å². The Morgan fingerprint density at radius 3 is 2.47 bits per heavy atom. The summed E-state index contributed by atoms with van der Waals surface area (Å²) < 4.78 is 45.8. The average molecular weight is 576 g/mol. The Morgan fingerprint density at radius 2 is 1.91 bits per heavy atom. The number of guanidine groups is 1. The van der Waals surface area contributed by atoms with Gasteiger partial charge in [-0.05, 0) is 68.1 Å². The molecule has 0 bridgehead atoms. The maximum Gasteiger partial charge on any atom is 0.240 e. The van der Waals surface area contributed by atoms with Crippen molar-refractivity contribution >= 4 is 40.0 Å². The first-order valence-electron chi connectivity index (χ1n) is 10.2. The van der Waals surface area contributed by atoms with E-state index >= 15 is 0 Å². The summed E-state index contributed by atoms with van der Waals surface area (Å²) in [5, 5.41) is 6.41. The topological polar surface area (TPSA) is 91.8 Å². The molecule has 10 heteroatoms. The number of halogens is 2. The van der Waals surface area contributed by atoms with Crippen LogP contribution in [0, 0.1) is 11.7 Å². The third-order valence-corrected chi connectivity index (χ3v) is 6.60. The van der Waals surface area contributed by atoms with Gasteiger partial charge < -0.3 is 15.4 Å². The molecule has 0 radical (unpaired) electrons. The quantitative estimate of drug-likeness (QED) is 0.241. The van der Waals surface area contributed by atoms with Gasteiger partial charge in [0.25, 0.3) is 0 Å². The molecule has 3 N–H and O–H groups in total. The van der Waals surface area contributed by atoms with Gasteiger partial charge >= 0.3 is 0 Å². The van der Waals surface area contributed by atoms with Crippen LogP contribution >= 0.6 is 24.0 Å². The predicted molar refractivity (Wildman–Crippen MR) is 134 cm³/mol. The highest BCUT2D eigenvalue weighted by Crippen LogP contribution is 2.30. The van der Waals surface area contributed by atoms with Crippen molar-refractivity contribution in [2.24, 2.45) is 10.9 Å². The lowest BCUT2D eigenvalue weighted by Gasteiger charge is -2.19. The van der Waals surface area contributed by atoms with Crippen molar-refractivity contribution < 1.29 is 17.5 Å². The minimum atomic E-state index is -3.46. The van der Waals surface area contributed by atoms with E-state index in [9.17, 15) is 12.8 Å². The molecular formula is C22H30FIN4O3S. The minimum Gasteiger partial charge on any atom is -0.490 e. The van der Waals surface area contributed by atoms with Crippen LogP contribution in [0.25, 0.3) is 0 Å². The molecule has 7 nitrogen and oxygen atoms in total. The van der Waals surface area contributed by atoms with Crippen molar-refractivity contribution in [2.45, 2.75) is 37.2 Å². The first-order chi connectivity index (χ1) is 14.8. The van der Waals surface area contributed by atoms with Gasteiger partial charge in [0.05, 0.1) is 17.5 Å². The zero-order valence-corrected chi connectivity index (χ0v) is 21.5. The largest absolute Gasteiger partial charge is 0.490 e. The average Bonchev–Trinajstić information content (AvgIpc) is 3.60. The Kier molecular flexibility index (Phi) is 9.71. The van der Waals surface area contributed by atoms with E-state index in [4.69, 9.17) is 4.74 Å². The minimum absolute atomic E-state index is 0. The van der Waals surface area contributed by atoms with Crippen LogP contribution in [0.1, 0.15) is 36.9 Å². The molecule has 0 heterocycles. The van der Waals surface area contributed by atoms with Gasteiger partial charge in [-0.3, -0.25) is 4.99 Å². The number of nitrogens with one attached hydrogen (secondary N) is 3. The summed E-state index contributed by atoms with van der Waals surface area (Å²) in [4.78, 5) is 4.41. The Morgan fingerprint density at radius 1 is 1.22 bits per heavy atom. The molecule has 0 aliphatic heterocycles. The third kappa shape index (κ3) is 7.31. The summed E-state index contributed by atoms with van der Waals surface area (Å²) >= 11 is 0. The summed E-state index contributed by atoms with van der Waals surface area (Å²) in [7, 11) is -0.425. The summed E-state index contributed by atoms with van der Waals surface area (Å²) in [6.07, 6.45) is 2.32. The van der Waals surface area contributed by atoms with Crippen LogP contribution in [-0.2, 0) is 16.6 Å². The second kappa shape index (κ2) is 11.8. The highest BCUT2D eigenvalue weighted by molar-refractivity contribution is 14.0. The number of ether oxygens (including phenoxy) is 1. The molecule has 2 aromatic rings. The van der Waals surface area contributed by atoms with Crippen molar-refractivity contribution in [2.75, 3.05) is 20.7 Å². The molecule has 1 atom stereocenters. The number of hydrogen-bond donors (Lipinski definition) is 3. The van der Waals surface area contributed by atoms with Crippen molar-refractivity contribution in [1.29, 1.82) is 0 Å². The van der Waals surface area contributed by atoms with Crippen LogP contribution in [0.15, 0.2) is 52.4 Å². The Balaban J connectivity index is 0.00000363. The molecule has 176 valence electrons. The number of benzene rings is 2. The molecule has 0 spiro atoms. The second-order valence-electron chi connectivity index (χ2n) is 7.59. The molecule has 1 saturated carbocycles. The number of nitrogens with zero attached hydrogens (tertiary/aromatic N) is 1. The third-order valence-electron chi connectivity index (χ3n) is 5.17. The summed E-state index contributed by atoms with van der Waals surface area (Å²) in [5.74, 6) is 1.03. The second-order valence-corrected chi connectivity index (χ2v) is 9.47. The van der Waals surface area contributed by atoms with Crippen molar-refractivity contribution in [3.05, 3.63) is 59.4 Å². The number of aliphatic imine (C=N–C) groups is 1. The maximum absolute atomic E-state index is 14.4. The highest BCUT2D eigenvalue weighted by Gasteiger charge is 2.22. The molecule has 32 heavy (non-hydrogen) atoms. The molecule has 1 unspecified atom stereocenters. The molecule has 0 amide bonds. The Hall–Kier alpha value is -1.92.